The molecule has 7 heteroatoms. The Kier molecular flexibility index (Phi) is 6.09. The minimum Gasteiger partial charge on any atom is -0.497 e. The normalized spacial score (nSPS) is 14.7. The number of ether oxygens (including phenoxy) is 2. The van der Waals surface area contributed by atoms with E-state index >= 15 is 0 Å². The van der Waals surface area contributed by atoms with Crippen LogP contribution in [-0.4, -0.2) is 64.3 Å². The predicted octanol–water partition coefficient (Wildman–Crippen LogP) is 3.00. The maximum Gasteiger partial charge on any atom is 0.287 e. The Morgan fingerprint density at radius 1 is 1.03 bits per heavy atom. The number of hydrogen-bond donors (Lipinski definition) is 1. The van der Waals surface area contributed by atoms with E-state index < -0.39 is 0 Å². The van der Waals surface area contributed by atoms with Crippen molar-refractivity contribution in [1.29, 1.82) is 0 Å². The molecule has 0 unspecified atom stereocenters. The van der Waals surface area contributed by atoms with Crippen LogP contribution in [-0.2, 0) is 0 Å². The van der Waals surface area contributed by atoms with Crippen LogP contribution in [0.1, 0.15) is 10.6 Å². The summed E-state index contributed by atoms with van der Waals surface area (Å²) < 4.78 is 16.2. The molecule has 1 saturated heterocycles. The minimum atomic E-state index is -0.204. The van der Waals surface area contributed by atoms with E-state index in [4.69, 9.17) is 13.9 Å². The van der Waals surface area contributed by atoms with Gasteiger partial charge in [-0.1, -0.05) is 12.1 Å². The number of rotatable bonds is 7. The molecule has 2 aromatic carbocycles. The molecule has 158 valence electrons. The van der Waals surface area contributed by atoms with Gasteiger partial charge in [-0.2, -0.15) is 0 Å². The van der Waals surface area contributed by atoms with Crippen LogP contribution in [0.4, 0.5) is 5.69 Å². The van der Waals surface area contributed by atoms with Crippen LogP contribution >= 0.6 is 0 Å². The van der Waals surface area contributed by atoms with Crippen LogP contribution in [0.15, 0.2) is 52.9 Å². The number of hydrogen-bond acceptors (Lipinski definition) is 6. The van der Waals surface area contributed by atoms with E-state index in [1.54, 1.807) is 20.3 Å². The standard InChI is InChI=1S/C23H27N3O4/c1-28-19-8-6-18(7-9-19)26-14-12-25(13-15-26)11-10-24-23(27)21-16-17-4-3-5-20(29-2)22(17)30-21/h3-9,16H,10-15H2,1-2H3,(H,24,27). The van der Waals surface area contributed by atoms with E-state index in [9.17, 15) is 4.79 Å². The lowest BCUT2D eigenvalue weighted by molar-refractivity contribution is 0.0922. The summed E-state index contributed by atoms with van der Waals surface area (Å²) in [5, 5.41) is 3.81. The Labute approximate surface area is 176 Å². The molecule has 1 aliphatic heterocycles. The Bertz CT molecular complexity index is 991. The Morgan fingerprint density at radius 2 is 1.80 bits per heavy atom. The zero-order valence-electron chi connectivity index (χ0n) is 17.4. The van der Waals surface area contributed by atoms with Crippen molar-refractivity contribution in [2.75, 3.05) is 58.4 Å². The third-order valence-electron chi connectivity index (χ3n) is 5.48. The van der Waals surface area contributed by atoms with Gasteiger partial charge in [0, 0.05) is 50.3 Å². The largest absolute Gasteiger partial charge is 0.497 e. The lowest BCUT2D eigenvalue weighted by Gasteiger charge is -2.36. The Morgan fingerprint density at radius 3 is 2.50 bits per heavy atom. The van der Waals surface area contributed by atoms with Crippen molar-refractivity contribution in [1.82, 2.24) is 10.2 Å². The first-order chi connectivity index (χ1) is 14.7. The number of amides is 1. The molecular formula is C23H27N3O4. The number of furan rings is 1. The van der Waals surface area contributed by atoms with Crippen molar-refractivity contribution in [2.45, 2.75) is 0 Å². The van der Waals surface area contributed by atoms with Gasteiger partial charge in [0.25, 0.3) is 5.91 Å². The molecule has 0 spiro atoms. The number of nitrogens with one attached hydrogen (secondary N) is 1. The average Bonchev–Trinajstić information content (AvgIpc) is 3.24. The zero-order valence-corrected chi connectivity index (χ0v) is 17.4. The van der Waals surface area contributed by atoms with Crippen molar-refractivity contribution < 1.29 is 18.7 Å². The van der Waals surface area contributed by atoms with E-state index in [-0.39, 0.29) is 5.91 Å². The highest BCUT2D eigenvalue weighted by Crippen LogP contribution is 2.28. The van der Waals surface area contributed by atoms with Gasteiger partial charge in [-0.25, -0.2) is 0 Å². The van der Waals surface area contributed by atoms with Crippen LogP contribution in [0.25, 0.3) is 11.0 Å². The average molecular weight is 409 g/mol. The number of carbonyl (C=O) groups is 1. The van der Waals surface area contributed by atoms with Crippen LogP contribution in [0.2, 0.25) is 0 Å². The molecule has 1 fully saturated rings. The summed E-state index contributed by atoms with van der Waals surface area (Å²) in [5.41, 5.74) is 1.81. The summed E-state index contributed by atoms with van der Waals surface area (Å²) in [4.78, 5) is 17.2. The molecule has 0 atom stereocenters. The van der Waals surface area contributed by atoms with Gasteiger partial charge < -0.3 is 24.1 Å². The molecule has 0 saturated carbocycles. The molecule has 30 heavy (non-hydrogen) atoms. The van der Waals surface area contributed by atoms with Gasteiger partial charge in [0.15, 0.2) is 17.1 Å². The summed E-state index contributed by atoms with van der Waals surface area (Å²) >= 11 is 0. The second kappa shape index (κ2) is 9.09. The number of anilines is 1. The van der Waals surface area contributed by atoms with E-state index in [1.807, 2.05) is 30.3 Å². The number of methoxy groups -OCH3 is 2. The molecule has 0 radical (unpaired) electrons. The lowest BCUT2D eigenvalue weighted by Crippen LogP contribution is -2.48. The zero-order chi connectivity index (χ0) is 20.9. The van der Waals surface area contributed by atoms with Gasteiger partial charge in [0.2, 0.25) is 0 Å². The van der Waals surface area contributed by atoms with Crippen LogP contribution in [0.5, 0.6) is 11.5 Å². The van der Waals surface area contributed by atoms with Crippen molar-refractivity contribution in [3.8, 4) is 11.5 Å². The summed E-state index contributed by atoms with van der Waals surface area (Å²) in [7, 11) is 3.27. The van der Waals surface area contributed by atoms with Gasteiger partial charge >= 0.3 is 0 Å². The monoisotopic (exact) mass is 409 g/mol. The second-order valence-corrected chi connectivity index (χ2v) is 7.27. The molecular weight excluding hydrogens is 382 g/mol. The maximum absolute atomic E-state index is 12.5. The number of fused-ring (bicyclic) bond motifs is 1. The Balaban J connectivity index is 1.24. The highest BCUT2D eigenvalue weighted by Gasteiger charge is 2.18. The van der Waals surface area contributed by atoms with E-state index in [0.29, 0.717) is 23.6 Å². The van der Waals surface area contributed by atoms with Gasteiger partial charge in [-0.15, -0.1) is 0 Å². The smallest absolute Gasteiger partial charge is 0.287 e. The highest BCUT2D eigenvalue weighted by molar-refractivity contribution is 5.97. The second-order valence-electron chi connectivity index (χ2n) is 7.27. The molecule has 7 nitrogen and oxygen atoms in total. The predicted molar refractivity (Wildman–Crippen MR) is 117 cm³/mol. The molecule has 2 heterocycles. The molecule has 1 aliphatic rings. The van der Waals surface area contributed by atoms with Crippen LogP contribution in [0.3, 0.4) is 0 Å². The summed E-state index contributed by atoms with van der Waals surface area (Å²) in [6, 6.07) is 15.5. The van der Waals surface area contributed by atoms with Crippen molar-refractivity contribution in [2.24, 2.45) is 0 Å². The summed E-state index contributed by atoms with van der Waals surface area (Å²) in [5.74, 6) is 1.60. The first-order valence-electron chi connectivity index (χ1n) is 10.1. The molecule has 3 aromatic rings. The van der Waals surface area contributed by atoms with Crippen molar-refractivity contribution >= 4 is 22.6 Å². The molecule has 1 N–H and O–H groups in total. The quantitative estimate of drug-likeness (QED) is 0.647. The van der Waals surface area contributed by atoms with Gasteiger partial charge in [0.1, 0.15) is 5.75 Å². The fourth-order valence-electron chi connectivity index (χ4n) is 3.75. The van der Waals surface area contributed by atoms with Gasteiger partial charge in [0.05, 0.1) is 14.2 Å². The van der Waals surface area contributed by atoms with Crippen molar-refractivity contribution in [3.05, 3.63) is 54.3 Å². The van der Waals surface area contributed by atoms with E-state index in [2.05, 4.69) is 27.2 Å². The van der Waals surface area contributed by atoms with Crippen LogP contribution in [0, 0.1) is 0 Å². The van der Waals surface area contributed by atoms with E-state index in [1.165, 1.54) is 5.69 Å². The number of nitrogens with zero attached hydrogens (tertiary/aromatic N) is 2. The SMILES string of the molecule is COc1ccc(N2CCN(CCNC(=O)c3cc4cccc(OC)c4o3)CC2)cc1. The molecule has 1 amide bonds. The van der Waals surface area contributed by atoms with Gasteiger partial charge in [-0.3, -0.25) is 9.69 Å². The molecule has 0 bridgehead atoms. The number of benzene rings is 2. The maximum atomic E-state index is 12.5. The number of para-hydroxylation sites is 1. The summed E-state index contributed by atoms with van der Waals surface area (Å²) in [6.45, 7) is 5.24. The van der Waals surface area contributed by atoms with Crippen molar-refractivity contribution in [3.63, 3.8) is 0 Å². The molecule has 0 aliphatic carbocycles. The van der Waals surface area contributed by atoms with Gasteiger partial charge in [-0.05, 0) is 36.4 Å². The number of carbonyl (C=O) groups excluding carboxylic acids is 1. The first kappa shape index (κ1) is 20.1. The molecule has 1 aromatic heterocycles. The summed E-state index contributed by atoms with van der Waals surface area (Å²) in [6.07, 6.45) is 0. The number of piperazine rings is 1. The minimum absolute atomic E-state index is 0.204. The fourth-order valence-corrected chi connectivity index (χ4v) is 3.75. The first-order valence-corrected chi connectivity index (χ1v) is 10.1. The molecule has 4 rings (SSSR count). The Hall–Kier alpha value is -3.19. The lowest BCUT2D eigenvalue weighted by atomic mass is 10.2. The van der Waals surface area contributed by atoms with E-state index in [0.717, 1.165) is 43.9 Å². The highest BCUT2D eigenvalue weighted by atomic mass is 16.5. The van der Waals surface area contributed by atoms with Crippen LogP contribution < -0.4 is 19.7 Å². The fraction of sp³-hybridized carbons (Fsp3) is 0.348. The third kappa shape index (κ3) is 4.36. The topological polar surface area (TPSA) is 67.2 Å². The third-order valence-corrected chi connectivity index (χ3v) is 5.48.